The molecule has 0 heterocycles. The fourth-order valence-electron chi connectivity index (χ4n) is 2.07. The van der Waals surface area contributed by atoms with Crippen molar-refractivity contribution in [2.45, 2.75) is 32.1 Å². The van der Waals surface area contributed by atoms with Gasteiger partial charge in [-0.2, -0.15) is 0 Å². The van der Waals surface area contributed by atoms with Crippen molar-refractivity contribution in [1.29, 1.82) is 0 Å². The summed E-state index contributed by atoms with van der Waals surface area (Å²) < 4.78 is 0. The maximum absolute atomic E-state index is 3.06. The molecule has 17 heavy (non-hydrogen) atoms. The fraction of sp³-hybridized carbons (Fsp3) is 0.294. The van der Waals surface area contributed by atoms with Crippen LogP contribution in [0.5, 0.6) is 0 Å². The van der Waals surface area contributed by atoms with Gasteiger partial charge in [0.05, 0.1) is 0 Å². The molecule has 0 aliphatic rings. The summed E-state index contributed by atoms with van der Waals surface area (Å²) in [5, 5.41) is 0. The second-order valence-corrected chi connectivity index (χ2v) is 4.45. The maximum Gasteiger partial charge on any atom is -0.0184 e. The Kier molecular flexibility index (Phi) is 4.84. The number of unbranched alkanes of at least 4 members (excludes halogenated alkanes) is 2. The van der Waals surface area contributed by atoms with Gasteiger partial charge in [-0.05, 0) is 42.9 Å². The molecule has 0 fully saturated rings. The monoisotopic (exact) mass is 223 g/mol. The molecule has 2 rings (SSSR count). The van der Waals surface area contributed by atoms with Crippen LogP contribution in [0.25, 0.3) is 0 Å². The van der Waals surface area contributed by atoms with E-state index in [0.717, 1.165) is 0 Å². The zero-order valence-electron chi connectivity index (χ0n) is 10.2. The van der Waals surface area contributed by atoms with Crippen LogP contribution in [-0.4, -0.2) is 0 Å². The molecule has 0 aliphatic carbocycles. The molecule has 2 aromatic rings. The molecule has 0 heteroatoms. The van der Waals surface area contributed by atoms with Gasteiger partial charge in [0.25, 0.3) is 0 Å². The first-order valence-electron chi connectivity index (χ1n) is 6.44. The summed E-state index contributed by atoms with van der Waals surface area (Å²) in [5.41, 5.74) is 2.89. The third-order valence-electron chi connectivity index (χ3n) is 3.06. The molecule has 0 aromatic heterocycles. The fourth-order valence-corrected chi connectivity index (χ4v) is 2.07. The molecule has 0 spiro atoms. The zero-order chi connectivity index (χ0) is 11.8. The SMILES string of the molecule is [c]1ccc(CCCCCc2ccccc2)cc1. The van der Waals surface area contributed by atoms with E-state index in [1.54, 1.807) is 0 Å². The van der Waals surface area contributed by atoms with Crippen LogP contribution in [-0.2, 0) is 12.8 Å². The molecule has 0 amide bonds. The highest BCUT2D eigenvalue weighted by Crippen LogP contribution is 2.09. The third kappa shape index (κ3) is 4.44. The molecule has 0 saturated carbocycles. The minimum absolute atomic E-state index is 1.20. The first-order valence-corrected chi connectivity index (χ1v) is 6.44. The summed E-state index contributed by atoms with van der Waals surface area (Å²) >= 11 is 0. The summed E-state index contributed by atoms with van der Waals surface area (Å²) in [4.78, 5) is 0. The second kappa shape index (κ2) is 6.90. The Labute approximate surface area is 104 Å². The first kappa shape index (κ1) is 11.9. The topological polar surface area (TPSA) is 0 Å². The second-order valence-electron chi connectivity index (χ2n) is 4.45. The lowest BCUT2D eigenvalue weighted by atomic mass is 10.0. The highest BCUT2D eigenvalue weighted by atomic mass is 14.0. The standard InChI is InChI=1S/C17H19/c1-4-10-16(11-5-1)14-8-3-9-15-17-12-6-2-7-13-17/h1,4-7,10-13H,3,8-9,14-15H2. The summed E-state index contributed by atoms with van der Waals surface area (Å²) in [6, 6.07) is 22.1. The number of rotatable bonds is 6. The van der Waals surface area contributed by atoms with Crippen molar-refractivity contribution in [2.75, 3.05) is 0 Å². The van der Waals surface area contributed by atoms with Crippen molar-refractivity contribution in [2.24, 2.45) is 0 Å². The van der Waals surface area contributed by atoms with Crippen LogP contribution >= 0.6 is 0 Å². The highest BCUT2D eigenvalue weighted by molar-refractivity contribution is 5.15. The molecular weight excluding hydrogens is 204 g/mol. The maximum atomic E-state index is 3.06. The van der Waals surface area contributed by atoms with Gasteiger partial charge < -0.3 is 0 Å². The van der Waals surface area contributed by atoms with Crippen LogP contribution in [0.3, 0.4) is 0 Å². The molecule has 0 saturated heterocycles. The average molecular weight is 223 g/mol. The Morgan fingerprint density at radius 3 is 1.88 bits per heavy atom. The molecule has 0 aliphatic heterocycles. The van der Waals surface area contributed by atoms with Gasteiger partial charge in [-0.25, -0.2) is 0 Å². The molecule has 0 nitrogen and oxygen atoms in total. The molecule has 2 aromatic carbocycles. The van der Waals surface area contributed by atoms with E-state index in [1.807, 2.05) is 12.1 Å². The van der Waals surface area contributed by atoms with E-state index in [1.165, 1.54) is 43.2 Å². The zero-order valence-corrected chi connectivity index (χ0v) is 10.2. The van der Waals surface area contributed by atoms with Crippen molar-refractivity contribution < 1.29 is 0 Å². The van der Waals surface area contributed by atoms with E-state index in [4.69, 9.17) is 0 Å². The van der Waals surface area contributed by atoms with Gasteiger partial charge in [-0.1, -0.05) is 61.0 Å². The number of hydrogen-bond acceptors (Lipinski definition) is 0. The van der Waals surface area contributed by atoms with Crippen LogP contribution in [0.4, 0.5) is 0 Å². The number of aryl methyl sites for hydroxylation is 2. The lowest BCUT2D eigenvalue weighted by Crippen LogP contribution is -1.88. The summed E-state index contributed by atoms with van der Waals surface area (Å²) in [6.45, 7) is 0. The normalized spacial score (nSPS) is 10.4. The molecule has 87 valence electrons. The number of benzene rings is 2. The minimum atomic E-state index is 1.20. The van der Waals surface area contributed by atoms with E-state index in [2.05, 4.69) is 48.5 Å². The van der Waals surface area contributed by atoms with Crippen LogP contribution in [0, 0.1) is 6.07 Å². The van der Waals surface area contributed by atoms with Gasteiger partial charge in [0.1, 0.15) is 0 Å². The van der Waals surface area contributed by atoms with E-state index in [9.17, 15) is 0 Å². The predicted molar refractivity (Wildman–Crippen MR) is 73.0 cm³/mol. The molecule has 1 radical (unpaired) electrons. The van der Waals surface area contributed by atoms with Crippen LogP contribution in [0.15, 0.2) is 54.6 Å². The molecule has 0 atom stereocenters. The summed E-state index contributed by atoms with van der Waals surface area (Å²) in [5.74, 6) is 0. The van der Waals surface area contributed by atoms with Crippen molar-refractivity contribution in [3.05, 3.63) is 71.8 Å². The smallest absolute Gasteiger partial charge is 0.0184 e. The van der Waals surface area contributed by atoms with Gasteiger partial charge in [-0.3, -0.25) is 0 Å². The van der Waals surface area contributed by atoms with E-state index in [0.29, 0.717) is 0 Å². The lowest BCUT2D eigenvalue weighted by Gasteiger charge is -2.02. The third-order valence-corrected chi connectivity index (χ3v) is 3.06. The lowest BCUT2D eigenvalue weighted by molar-refractivity contribution is 0.678. The summed E-state index contributed by atoms with van der Waals surface area (Å²) in [6.07, 6.45) is 6.31. The van der Waals surface area contributed by atoms with Crippen molar-refractivity contribution >= 4 is 0 Å². The Morgan fingerprint density at radius 1 is 0.647 bits per heavy atom. The molecular formula is C17H19. The molecule has 0 N–H and O–H groups in total. The Morgan fingerprint density at radius 2 is 1.24 bits per heavy atom. The van der Waals surface area contributed by atoms with Gasteiger partial charge in [0.15, 0.2) is 0 Å². The summed E-state index contributed by atoms with van der Waals surface area (Å²) in [7, 11) is 0. The van der Waals surface area contributed by atoms with Crippen LogP contribution in [0.2, 0.25) is 0 Å². The molecule has 0 bridgehead atoms. The van der Waals surface area contributed by atoms with E-state index < -0.39 is 0 Å². The Bertz CT molecular complexity index is 361. The Balaban J connectivity index is 1.61. The van der Waals surface area contributed by atoms with Crippen LogP contribution < -0.4 is 0 Å². The van der Waals surface area contributed by atoms with Crippen molar-refractivity contribution in [1.82, 2.24) is 0 Å². The van der Waals surface area contributed by atoms with Gasteiger partial charge in [0, 0.05) is 0 Å². The van der Waals surface area contributed by atoms with Gasteiger partial charge >= 0.3 is 0 Å². The minimum Gasteiger partial charge on any atom is -0.0622 e. The van der Waals surface area contributed by atoms with E-state index in [-0.39, 0.29) is 0 Å². The van der Waals surface area contributed by atoms with Crippen molar-refractivity contribution in [3.63, 3.8) is 0 Å². The average Bonchev–Trinajstić information content (AvgIpc) is 2.41. The van der Waals surface area contributed by atoms with Crippen LogP contribution in [0.1, 0.15) is 30.4 Å². The first-order chi connectivity index (χ1) is 8.45. The van der Waals surface area contributed by atoms with E-state index >= 15 is 0 Å². The largest absolute Gasteiger partial charge is 0.0622 e. The number of hydrogen-bond donors (Lipinski definition) is 0. The Hall–Kier alpha value is -1.56. The van der Waals surface area contributed by atoms with Gasteiger partial charge in [-0.15, -0.1) is 0 Å². The molecule has 0 unspecified atom stereocenters. The van der Waals surface area contributed by atoms with Gasteiger partial charge in [0.2, 0.25) is 0 Å². The predicted octanol–water partition coefficient (Wildman–Crippen LogP) is 4.44. The highest BCUT2D eigenvalue weighted by Gasteiger charge is 1.94. The quantitative estimate of drug-likeness (QED) is 0.635. The van der Waals surface area contributed by atoms with Crippen molar-refractivity contribution in [3.8, 4) is 0 Å².